The number of aryl methyl sites for hydroxylation is 1. The summed E-state index contributed by atoms with van der Waals surface area (Å²) >= 11 is 0. The minimum atomic E-state index is 0.960. The summed E-state index contributed by atoms with van der Waals surface area (Å²) in [7, 11) is 3.92. The number of aromatic nitrogens is 3. The van der Waals surface area contributed by atoms with Crippen molar-refractivity contribution in [3.63, 3.8) is 0 Å². The SMILES string of the molecule is CNCCc1cc(-c2ccc[nH]2)n(C)n1. The fraction of sp³-hybridized carbons (Fsp3) is 0.364. The first-order valence-electron chi connectivity index (χ1n) is 5.12. The highest BCUT2D eigenvalue weighted by atomic mass is 15.3. The van der Waals surface area contributed by atoms with Crippen LogP contribution in [0, 0.1) is 0 Å². The van der Waals surface area contributed by atoms with E-state index in [0.717, 1.165) is 30.0 Å². The van der Waals surface area contributed by atoms with Crippen LogP contribution in [0.5, 0.6) is 0 Å². The Labute approximate surface area is 89.3 Å². The number of nitrogens with zero attached hydrogens (tertiary/aromatic N) is 2. The van der Waals surface area contributed by atoms with E-state index in [0.29, 0.717) is 0 Å². The number of hydrogen-bond acceptors (Lipinski definition) is 2. The van der Waals surface area contributed by atoms with Gasteiger partial charge in [0.1, 0.15) is 0 Å². The second-order valence-corrected chi connectivity index (χ2v) is 3.58. The maximum Gasteiger partial charge on any atom is 0.0844 e. The van der Waals surface area contributed by atoms with Gasteiger partial charge in [-0.05, 0) is 25.2 Å². The zero-order valence-corrected chi connectivity index (χ0v) is 9.12. The maximum atomic E-state index is 4.46. The maximum absolute atomic E-state index is 4.46. The number of rotatable bonds is 4. The molecule has 4 nitrogen and oxygen atoms in total. The van der Waals surface area contributed by atoms with Crippen molar-refractivity contribution in [2.24, 2.45) is 7.05 Å². The van der Waals surface area contributed by atoms with Crippen molar-refractivity contribution in [3.05, 3.63) is 30.1 Å². The average Bonchev–Trinajstić information content (AvgIpc) is 2.83. The lowest BCUT2D eigenvalue weighted by molar-refractivity contribution is 0.719. The summed E-state index contributed by atoms with van der Waals surface area (Å²) in [5.74, 6) is 0. The summed E-state index contributed by atoms with van der Waals surface area (Å²) in [6.45, 7) is 0.960. The molecule has 0 saturated heterocycles. The van der Waals surface area contributed by atoms with Gasteiger partial charge >= 0.3 is 0 Å². The normalized spacial score (nSPS) is 10.8. The lowest BCUT2D eigenvalue weighted by Gasteiger charge is -1.96. The molecule has 0 aliphatic heterocycles. The van der Waals surface area contributed by atoms with Gasteiger partial charge in [0.2, 0.25) is 0 Å². The summed E-state index contributed by atoms with van der Waals surface area (Å²) in [4.78, 5) is 3.19. The van der Waals surface area contributed by atoms with E-state index < -0.39 is 0 Å². The molecule has 0 unspecified atom stereocenters. The highest BCUT2D eigenvalue weighted by Crippen LogP contribution is 2.17. The fourth-order valence-corrected chi connectivity index (χ4v) is 1.64. The summed E-state index contributed by atoms with van der Waals surface area (Å²) < 4.78 is 1.91. The smallest absolute Gasteiger partial charge is 0.0844 e. The van der Waals surface area contributed by atoms with Gasteiger partial charge in [0.05, 0.1) is 17.1 Å². The molecule has 80 valence electrons. The molecule has 0 atom stereocenters. The van der Waals surface area contributed by atoms with Crippen molar-refractivity contribution in [2.75, 3.05) is 13.6 Å². The van der Waals surface area contributed by atoms with E-state index in [2.05, 4.69) is 27.5 Å². The van der Waals surface area contributed by atoms with E-state index in [1.165, 1.54) is 0 Å². The summed E-state index contributed by atoms with van der Waals surface area (Å²) in [5, 5.41) is 7.58. The van der Waals surface area contributed by atoms with Crippen LogP contribution in [0.4, 0.5) is 0 Å². The van der Waals surface area contributed by atoms with E-state index >= 15 is 0 Å². The van der Waals surface area contributed by atoms with Crippen molar-refractivity contribution >= 4 is 0 Å². The highest BCUT2D eigenvalue weighted by molar-refractivity contribution is 5.55. The van der Waals surface area contributed by atoms with Gasteiger partial charge in [-0.2, -0.15) is 5.10 Å². The number of likely N-dealkylation sites (N-methyl/N-ethyl adjacent to an activating group) is 1. The Morgan fingerprint density at radius 2 is 2.40 bits per heavy atom. The van der Waals surface area contributed by atoms with Crippen LogP contribution in [-0.2, 0) is 13.5 Å². The Bertz CT molecular complexity index is 414. The molecule has 0 amide bonds. The molecule has 2 aromatic heterocycles. The second-order valence-electron chi connectivity index (χ2n) is 3.58. The molecule has 2 N–H and O–H groups in total. The van der Waals surface area contributed by atoms with Gasteiger partial charge in [-0.3, -0.25) is 4.68 Å². The second kappa shape index (κ2) is 4.31. The third kappa shape index (κ3) is 2.10. The molecule has 0 aromatic carbocycles. The molecule has 2 aromatic rings. The standard InChI is InChI=1S/C11H16N4/c1-12-7-5-9-8-11(15(2)14-9)10-4-3-6-13-10/h3-4,6,8,12-13H,5,7H2,1-2H3. The predicted molar refractivity (Wildman–Crippen MR) is 60.6 cm³/mol. The lowest BCUT2D eigenvalue weighted by atomic mass is 10.2. The molecule has 2 heterocycles. The number of H-pyrrole nitrogens is 1. The number of aromatic amines is 1. The molecule has 0 fully saturated rings. The minimum absolute atomic E-state index is 0.960. The van der Waals surface area contributed by atoms with E-state index in [1.54, 1.807) is 0 Å². The zero-order valence-electron chi connectivity index (χ0n) is 9.12. The van der Waals surface area contributed by atoms with E-state index in [-0.39, 0.29) is 0 Å². The molecule has 0 radical (unpaired) electrons. The molecule has 0 saturated carbocycles. The van der Waals surface area contributed by atoms with E-state index in [1.807, 2.05) is 31.0 Å². The lowest BCUT2D eigenvalue weighted by Crippen LogP contribution is -2.10. The van der Waals surface area contributed by atoms with Crippen molar-refractivity contribution in [1.82, 2.24) is 20.1 Å². The molecule has 0 spiro atoms. The molecule has 0 aliphatic carbocycles. The molecule has 0 aliphatic rings. The van der Waals surface area contributed by atoms with Crippen molar-refractivity contribution in [3.8, 4) is 11.4 Å². The highest BCUT2D eigenvalue weighted by Gasteiger charge is 2.06. The Morgan fingerprint density at radius 3 is 3.07 bits per heavy atom. The first-order valence-corrected chi connectivity index (χ1v) is 5.12. The minimum Gasteiger partial charge on any atom is -0.360 e. The summed E-state index contributed by atoms with van der Waals surface area (Å²) in [6.07, 6.45) is 2.89. The van der Waals surface area contributed by atoms with Gasteiger partial charge in [0, 0.05) is 26.2 Å². The monoisotopic (exact) mass is 204 g/mol. The molecule has 15 heavy (non-hydrogen) atoms. The predicted octanol–water partition coefficient (Wildman–Crippen LogP) is 1.18. The third-order valence-corrected chi connectivity index (χ3v) is 2.44. The van der Waals surface area contributed by atoms with Gasteiger partial charge in [-0.25, -0.2) is 0 Å². The summed E-state index contributed by atoms with van der Waals surface area (Å²) in [6, 6.07) is 6.18. The molecule has 4 heteroatoms. The van der Waals surface area contributed by atoms with Crippen LogP contribution in [0.2, 0.25) is 0 Å². The van der Waals surface area contributed by atoms with Gasteiger partial charge in [-0.1, -0.05) is 0 Å². The van der Waals surface area contributed by atoms with Crippen LogP contribution >= 0.6 is 0 Å². The van der Waals surface area contributed by atoms with Gasteiger partial charge in [0.15, 0.2) is 0 Å². The Balaban J connectivity index is 2.22. The van der Waals surface area contributed by atoms with Crippen LogP contribution in [0.3, 0.4) is 0 Å². The molecular formula is C11H16N4. The molecule has 2 rings (SSSR count). The van der Waals surface area contributed by atoms with Gasteiger partial charge in [-0.15, -0.1) is 0 Å². The van der Waals surface area contributed by atoms with Crippen LogP contribution in [0.15, 0.2) is 24.4 Å². The average molecular weight is 204 g/mol. The molecular weight excluding hydrogens is 188 g/mol. The Hall–Kier alpha value is -1.55. The van der Waals surface area contributed by atoms with Crippen LogP contribution < -0.4 is 5.32 Å². The Kier molecular flexibility index (Phi) is 2.87. The quantitative estimate of drug-likeness (QED) is 0.785. The summed E-state index contributed by atoms with van der Waals surface area (Å²) in [5.41, 5.74) is 3.36. The molecule has 0 bridgehead atoms. The fourth-order valence-electron chi connectivity index (χ4n) is 1.64. The first kappa shape index (κ1) is 9.98. The van der Waals surface area contributed by atoms with Crippen LogP contribution in [0.1, 0.15) is 5.69 Å². The first-order chi connectivity index (χ1) is 7.31. The number of nitrogens with one attached hydrogen (secondary N) is 2. The topological polar surface area (TPSA) is 45.6 Å². The van der Waals surface area contributed by atoms with E-state index in [9.17, 15) is 0 Å². The van der Waals surface area contributed by atoms with Crippen LogP contribution in [-0.4, -0.2) is 28.4 Å². The zero-order chi connectivity index (χ0) is 10.7. The van der Waals surface area contributed by atoms with Crippen LogP contribution in [0.25, 0.3) is 11.4 Å². The van der Waals surface area contributed by atoms with Crippen molar-refractivity contribution in [2.45, 2.75) is 6.42 Å². The third-order valence-electron chi connectivity index (χ3n) is 2.44. The van der Waals surface area contributed by atoms with Crippen molar-refractivity contribution < 1.29 is 0 Å². The Morgan fingerprint density at radius 1 is 1.53 bits per heavy atom. The van der Waals surface area contributed by atoms with Crippen molar-refractivity contribution in [1.29, 1.82) is 0 Å². The van der Waals surface area contributed by atoms with E-state index in [4.69, 9.17) is 0 Å². The van der Waals surface area contributed by atoms with Gasteiger partial charge in [0.25, 0.3) is 0 Å². The number of hydrogen-bond donors (Lipinski definition) is 2. The van der Waals surface area contributed by atoms with Gasteiger partial charge < -0.3 is 10.3 Å². The largest absolute Gasteiger partial charge is 0.360 e.